The molecule has 0 N–H and O–H groups in total. The van der Waals surface area contributed by atoms with Crippen LogP contribution in [0.3, 0.4) is 0 Å². The number of hydrogen-bond donors (Lipinski definition) is 0. The predicted molar refractivity (Wildman–Crippen MR) is 103 cm³/mol. The molecule has 6 heteroatoms. The van der Waals surface area contributed by atoms with Crippen molar-refractivity contribution in [2.75, 3.05) is 20.1 Å². The Bertz CT molecular complexity index is 794. The molecule has 1 saturated heterocycles. The van der Waals surface area contributed by atoms with E-state index in [1.54, 1.807) is 22.2 Å². The summed E-state index contributed by atoms with van der Waals surface area (Å²) in [6.45, 7) is 3.57. The van der Waals surface area contributed by atoms with Crippen molar-refractivity contribution in [3.05, 3.63) is 59.7 Å². The first kappa shape index (κ1) is 19.0. The van der Waals surface area contributed by atoms with Gasteiger partial charge in [0.1, 0.15) is 0 Å². The Labute approximate surface area is 160 Å². The summed E-state index contributed by atoms with van der Waals surface area (Å²) < 4.78 is 0. The number of pyridine rings is 2. The first-order chi connectivity index (χ1) is 13.0. The van der Waals surface area contributed by atoms with Crippen LogP contribution < -0.4 is 0 Å². The van der Waals surface area contributed by atoms with E-state index in [9.17, 15) is 9.59 Å². The summed E-state index contributed by atoms with van der Waals surface area (Å²) in [5, 5.41) is 0. The van der Waals surface area contributed by atoms with Gasteiger partial charge in [0.15, 0.2) is 0 Å². The highest BCUT2D eigenvalue weighted by Gasteiger charge is 2.31. The maximum absolute atomic E-state index is 12.9. The van der Waals surface area contributed by atoms with E-state index in [-0.39, 0.29) is 17.7 Å². The van der Waals surface area contributed by atoms with Crippen molar-refractivity contribution in [2.24, 2.45) is 5.92 Å². The zero-order valence-corrected chi connectivity index (χ0v) is 16.0. The number of aromatic nitrogens is 2. The Hall–Kier alpha value is -2.76. The van der Waals surface area contributed by atoms with Crippen molar-refractivity contribution in [1.82, 2.24) is 19.8 Å². The van der Waals surface area contributed by atoms with E-state index in [0.717, 1.165) is 17.0 Å². The van der Waals surface area contributed by atoms with Crippen LogP contribution in [0.5, 0.6) is 0 Å². The van der Waals surface area contributed by atoms with Gasteiger partial charge < -0.3 is 9.80 Å². The zero-order valence-electron chi connectivity index (χ0n) is 16.0. The molecule has 3 rings (SSSR count). The third-order valence-corrected chi connectivity index (χ3v) is 5.09. The third-order valence-electron chi connectivity index (χ3n) is 5.09. The average molecular weight is 366 g/mol. The topological polar surface area (TPSA) is 66.4 Å². The first-order valence-corrected chi connectivity index (χ1v) is 9.37. The molecule has 142 valence electrons. The highest BCUT2D eigenvalue weighted by molar-refractivity contribution is 5.83. The van der Waals surface area contributed by atoms with E-state index in [4.69, 9.17) is 0 Å². The number of likely N-dealkylation sites (tertiary alicyclic amines) is 1. The number of aryl methyl sites for hydroxylation is 1. The maximum atomic E-state index is 12.9. The number of nitrogens with zero attached hydrogens (tertiary/aromatic N) is 4. The number of amides is 2. The number of hydrogen-bond acceptors (Lipinski definition) is 4. The van der Waals surface area contributed by atoms with Gasteiger partial charge in [-0.2, -0.15) is 0 Å². The molecule has 0 radical (unpaired) electrons. The molecule has 1 aliphatic heterocycles. The second kappa shape index (κ2) is 8.75. The van der Waals surface area contributed by atoms with Gasteiger partial charge in [-0.15, -0.1) is 0 Å². The SMILES string of the molecule is Cc1cccnc1CN(C)C(=O)[C@@H]1CCC(=O)N(CCc2ccccn2)C1. The summed E-state index contributed by atoms with van der Waals surface area (Å²) in [7, 11) is 1.81. The molecule has 27 heavy (non-hydrogen) atoms. The smallest absolute Gasteiger partial charge is 0.227 e. The molecule has 0 spiro atoms. The Morgan fingerprint density at radius 2 is 2.04 bits per heavy atom. The predicted octanol–water partition coefficient (Wildman–Crippen LogP) is 2.22. The summed E-state index contributed by atoms with van der Waals surface area (Å²) in [6, 6.07) is 9.68. The number of piperidine rings is 1. The van der Waals surface area contributed by atoms with E-state index in [1.165, 1.54) is 0 Å². The van der Waals surface area contributed by atoms with Crippen LogP contribution in [0.2, 0.25) is 0 Å². The van der Waals surface area contributed by atoms with Gasteiger partial charge in [0, 0.05) is 51.1 Å². The van der Waals surface area contributed by atoms with Crippen molar-refractivity contribution in [2.45, 2.75) is 32.7 Å². The highest BCUT2D eigenvalue weighted by atomic mass is 16.2. The van der Waals surface area contributed by atoms with E-state index in [2.05, 4.69) is 9.97 Å². The second-order valence-electron chi connectivity index (χ2n) is 7.11. The van der Waals surface area contributed by atoms with Gasteiger partial charge >= 0.3 is 0 Å². The van der Waals surface area contributed by atoms with Gasteiger partial charge in [0.05, 0.1) is 18.2 Å². The molecule has 0 bridgehead atoms. The Morgan fingerprint density at radius 3 is 2.78 bits per heavy atom. The molecule has 0 saturated carbocycles. The standard InChI is InChI=1S/C21H26N4O2/c1-16-6-5-12-23-19(16)15-24(2)21(27)17-8-9-20(26)25(14-17)13-10-18-7-3-4-11-22-18/h3-7,11-12,17H,8-10,13-15H2,1-2H3/t17-/m1/s1. The van der Waals surface area contributed by atoms with Gasteiger partial charge in [0.25, 0.3) is 0 Å². The Balaban J connectivity index is 1.58. The number of carbonyl (C=O) groups excluding carboxylic acids is 2. The summed E-state index contributed by atoms with van der Waals surface area (Å²) in [5.74, 6) is 0.0500. The van der Waals surface area contributed by atoms with E-state index < -0.39 is 0 Å². The summed E-state index contributed by atoms with van der Waals surface area (Å²) in [5.41, 5.74) is 2.95. The second-order valence-corrected chi connectivity index (χ2v) is 7.11. The number of rotatable bonds is 6. The molecular weight excluding hydrogens is 340 g/mol. The van der Waals surface area contributed by atoms with Gasteiger partial charge in [-0.3, -0.25) is 19.6 Å². The molecule has 2 aromatic rings. The summed E-state index contributed by atoms with van der Waals surface area (Å²) in [6.07, 6.45) is 5.25. The molecule has 1 fully saturated rings. The lowest BCUT2D eigenvalue weighted by Gasteiger charge is -2.34. The van der Waals surface area contributed by atoms with Crippen LogP contribution in [0.4, 0.5) is 0 Å². The molecule has 2 aromatic heterocycles. The van der Waals surface area contributed by atoms with Crippen molar-refractivity contribution >= 4 is 11.8 Å². The minimum atomic E-state index is -0.152. The Morgan fingerprint density at radius 1 is 1.22 bits per heavy atom. The largest absolute Gasteiger partial charge is 0.342 e. The third kappa shape index (κ3) is 4.90. The van der Waals surface area contributed by atoms with Crippen molar-refractivity contribution in [3.8, 4) is 0 Å². The molecule has 3 heterocycles. The number of carbonyl (C=O) groups is 2. The van der Waals surface area contributed by atoms with E-state index in [1.807, 2.05) is 44.3 Å². The average Bonchev–Trinajstić information content (AvgIpc) is 2.69. The highest BCUT2D eigenvalue weighted by Crippen LogP contribution is 2.21. The fraction of sp³-hybridized carbons (Fsp3) is 0.429. The lowest BCUT2D eigenvalue weighted by molar-refractivity contribution is -0.142. The van der Waals surface area contributed by atoms with Crippen molar-refractivity contribution in [3.63, 3.8) is 0 Å². The van der Waals surface area contributed by atoms with E-state index in [0.29, 0.717) is 38.9 Å². The fourth-order valence-electron chi connectivity index (χ4n) is 3.43. The van der Waals surface area contributed by atoms with Crippen LogP contribution in [0.1, 0.15) is 29.8 Å². The van der Waals surface area contributed by atoms with Gasteiger partial charge in [0.2, 0.25) is 11.8 Å². The van der Waals surface area contributed by atoms with Crippen LogP contribution in [-0.2, 0) is 22.6 Å². The molecule has 0 unspecified atom stereocenters. The van der Waals surface area contributed by atoms with Crippen molar-refractivity contribution < 1.29 is 9.59 Å². The molecule has 0 aliphatic carbocycles. The molecule has 2 amide bonds. The molecule has 6 nitrogen and oxygen atoms in total. The minimum Gasteiger partial charge on any atom is -0.342 e. The normalized spacial score (nSPS) is 17.0. The van der Waals surface area contributed by atoms with Gasteiger partial charge in [-0.05, 0) is 37.1 Å². The molecule has 1 atom stereocenters. The van der Waals surface area contributed by atoms with Crippen LogP contribution >= 0.6 is 0 Å². The van der Waals surface area contributed by atoms with Gasteiger partial charge in [-0.1, -0.05) is 12.1 Å². The van der Waals surface area contributed by atoms with E-state index >= 15 is 0 Å². The van der Waals surface area contributed by atoms with Crippen LogP contribution in [0.25, 0.3) is 0 Å². The molecule has 0 aromatic carbocycles. The molecule has 1 aliphatic rings. The van der Waals surface area contributed by atoms with Crippen molar-refractivity contribution in [1.29, 1.82) is 0 Å². The fourth-order valence-corrected chi connectivity index (χ4v) is 3.43. The quantitative estimate of drug-likeness (QED) is 0.786. The van der Waals surface area contributed by atoms with Crippen LogP contribution in [-0.4, -0.2) is 51.7 Å². The maximum Gasteiger partial charge on any atom is 0.227 e. The first-order valence-electron chi connectivity index (χ1n) is 9.37. The minimum absolute atomic E-state index is 0.0791. The lowest BCUT2D eigenvalue weighted by atomic mass is 9.95. The van der Waals surface area contributed by atoms with Crippen LogP contribution in [0, 0.1) is 12.8 Å². The zero-order chi connectivity index (χ0) is 19.2. The summed E-state index contributed by atoms with van der Waals surface area (Å²) in [4.78, 5) is 37.4. The summed E-state index contributed by atoms with van der Waals surface area (Å²) >= 11 is 0. The molecular formula is C21H26N4O2. The van der Waals surface area contributed by atoms with Crippen LogP contribution in [0.15, 0.2) is 42.7 Å². The monoisotopic (exact) mass is 366 g/mol. The lowest BCUT2D eigenvalue weighted by Crippen LogP contribution is -2.46. The van der Waals surface area contributed by atoms with Gasteiger partial charge in [-0.25, -0.2) is 0 Å². The Kier molecular flexibility index (Phi) is 6.16.